The summed E-state index contributed by atoms with van der Waals surface area (Å²) in [5, 5.41) is 0.227. The first kappa shape index (κ1) is 28.3. The Morgan fingerprint density at radius 1 is 0.935 bits per heavy atom. The van der Waals surface area contributed by atoms with Gasteiger partial charge in [-0.3, -0.25) is 0 Å². The lowest BCUT2D eigenvalue weighted by Crippen LogP contribution is -2.50. The minimum atomic E-state index is -2.00. The molecule has 4 nitrogen and oxygen atoms in total. The molecule has 0 spiro atoms. The molecule has 1 aliphatic carbocycles. The highest BCUT2D eigenvalue weighted by Gasteiger charge is 2.45. The van der Waals surface area contributed by atoms with Crippen LogP contribution in [0.3, 0.4) is 0 Å². The van der Waals surface area contributed by atoms with Gasteiger partial charge in [-0.1, -0.05) is 66.5 Å². The fraction of sp³-hybridized carbons (Fsp3) is 0.800. The Morgan fingerprint density at radius 2 is 1.35 bits per heavy atom. The van der Waals surface area contributed by atoms with E-state index in [4.69, 9.17) is 13.6 Å². The molecule has 1 saturated carbocycles. The quantitative estimate of drug-likeness (QED) is 0.169. The normalized spacial score (nSPS) is 21.2. The summed E-state index contributed by atoms with van der Waals surface area (Å²) in [6.45, 7) is 25.0. The van der Waals surface area contributed by atoms with Crippen LogP contribution in [0.15, 0.2) is 23.3 Å². The summed E-state index contributed by atoms with van der Waals surface area (Å²) in [4.78, 5) is 12.1. The third-order valence-electron chi connectivity index (χ3n) is 7.32. The maximum absolute atomic E-state index is 12.1. The average Bonchev–Trinajstić information content (AvgIpc) is 2.58. The number of esters is 1. The van der Waals surface area contributed by atoms with Gasteiger partial charge in [0, 0.05) is 6.08 Å². The van der Waals surface area contributed by atoms with Crippen molar-refractivity contribution < 1.29 is 18.4 Å². The van der Waals surface area contributed by atoms with E-state index in [1.807, 2.05) is 0 Å². The van der Waals surface area contributed by atoms with Crippen LogP contribution in [0.1, 0.15) is 74.1 Å². The van der Waals surface area contributed by atoms with E-state index in [0.29, 0.717) is 0 Å². The van der Waals surface area contributed by atoms with E-state index in [9.17, 15) is 4.79 Å². The second-order valence-corrected chi connectivity index (χ2v) is 21.5. The summed E-state index contributed by atoms with van der Waals surface area (Å²) in [7, 11) is -2.58. The molecule has 31 heavy (non-hydrogen) atoms. The number of hydrogen-bond acceptors (Lipinski definition) is 4. The van der Waals surface area contributed by atoms with E-state index in [1.54, 1.807) is 6.08 Å². The molecular weight excluding hydrogens is 420 g/mol. The molecular formula is C25H48O4Si2. The number of hydrogen-bond donors (Lipinski definition) is 0. The number of methoxy groups -OCH3 is 1. The first-order chi connectivity index (χ1) is 13.9. The fourth-order valence-electron chi connectivity index (χ4n) is 3.20. The molecule has 0 amide bonds. The van der Waals surface area contributed by atoms with E-state index in [-0.39, 0.29) is 28.3 Å². The van der Waals surface area contributed by atoms with E-state index >= 15 is 0 Å². The Hall–Kier alpha value is -0.696. The molecule has 2 atom stereocenters. The van der Waals surface area contributed by atoms with Gasteiger partial charge in [-0.25, -0.2) is 4.79 Å². The highest BCUT2D eigenvalue weighted by molar-refractivity contribution is 6.74. The Bertz CT molecular complexity index is 637. The minimum Gasteiger partial charge on any atom is -0.466 e. The summed E-state index contributed by atoms with van der Waals surface area (Å²) in [5.74, 6) is -0.298. The molecule has 1 aliphatic rings. The maximum Gasteiger partial charge on any atom is 0.330 e. The van der Waals surface area contributed by atoms with Gasteiger partial charge in [0.25, 0.3) is 0 Å². The van der Waals surface area contributed by atoms with Crippen LogP contribution in [0.4, 0.5) is 0 Å². The Morgan fingerprint density at radius 3 is 1.68 bits per heavy atom. The van der Waals surface area contributed by atoms with Crippen molar-refractivity contribution in [2.45, 2.75) is 123 Å². The van der Waals surface area contributed by atoms with E-state index in [2.05, 4.69) is 80.7 Å². The van der Waals surface area contributed by atoms with Crippen molar-refractivity contribution in [1.29, 1.82) is 0 Å². The smallest absolute Gasteiger partial charge is 0.330 e. The SMILES string of the molecule is CCCC=C1[C@H](O[Si](C)(C)C(C)(C)C)CC(=CC(=O)OC)C[C@H]1O[Si](C)(C)C(C)(C)C. The van der Waals surface area contributed by atoms with Gasteiger partial charge in [0.1, 0.15) is 0 Å². The Balaban J connectivity index is 3.45. The predicted molar refractivity (Wildman–Crippen MR) is 136 cm³/mol. The summed E-state index contributed by atoms with van der Waals surface area (Å²) in [6.07, 6.45) is 7.47. The van der Waals surface area contributed by atoms with Crippen LogP contribution < -0.4 is 0 Å². The average molecular weight is 469 g/mol. The lowest BCUT2D eigenvalue weighted by Gasteiger charge is -2.46. The fourth-order valence-corrected chi connectivity index (χ4v) is 5.77. The van der Waals surface area contributed by atoms with E-state index in [0.717, 1.165) is 31.3 Å². The van der Waals surface area contributed by atoms with Crippen molar-refractivity contribution in [1.82, 2.24) is 0 Å². The lowest BCUT2D eigenvalue weighted by molar-refractivity contribution is -0.134. The van der Waals surface area contributed by atoms with Crippen molar-refractivity contribution in [3.8, 4) is 0 Å². The van der Waals surface area contributed by atoms with Crippen molar-refractivity contribution in [2.75, 3.05) is 7.11 Å². The molecule has 0 unspecified atom stereocenters. The number of carbonyl (C=O) groups excluding carboxylic acids is 1. The lowest BCUT2D eigenvalue weighted by atomic mass is 9.85. The first-order valence-corrected chi connectivity index (χ1v) is 17.6. The minimum absolute atomic E-state index is 0.0492. The van der Waals surface area contributed by atoms with Gasteiger partial charge in [0.05, 0.1) is 19.3 Å². The standard InChI is InChI=1S/C25H48O4Si2/c1-13-14-15-20-21(28-30(9,10)24(2,3)4)16-19(18-23(26)27-8)17-22(20)29-31(11,12)25(5,6)7/h15,18,21-22H,13-14,16-17H2,1-12H3/t21-,22-/m1/s1. The number of allylic oxidation sites excluding steroid dienone is 1. The number of carbonyl (C=O) groups is 1. The van der Waals surface area contributed by atoms with Crippen molar-refractivity contribution in [3.63, 3.8) is 0 Å². The van der Waals surface area contributed by atoms with Crippen molar-refractivity contribution >= 4 is 22.6 Å². The Kier molecular flexibility index (Phi) is 9.59. The van der Waals surface area contributed by atoms with Crippen molar-refractivity contribution in [2.24, 2.45) is 0 Å². The molecule has 0 bridgehead atoms. The number of rotatable bonds is 7. The molecule has 6 heteroatoms. The monoisotopic (exact) mass is 468 g/mol. The van der Waals surface area contributed by atoms with Gasteiger partial charge in [-0.05, 0) is 61.1 Å². The van der Waals surface area contributed by atoms with Gasteiger partial charge < -0.3 is 13.6 Å². The van der Waals surface area contributed by atoms with Gasteiger partial charge in [-0.15, -0.1) is 0 Å². The zero-order valence-electron chi connectivity index (χ0n) is 22.3. The summed E-state index contributed by atoms with van der Waals surface area (Å²) in [5.41, 5.74) is 2.34. The molecule has 0 aliphatic heterocycles. The molecule has 0 aromatic carbocycles. The second-order valence-electron chi connectivity index (χ2n) is 12.0. The zero-order valence-corrected chi connectivity index (χ0v) is 24.3. The third-order valence-corrected chi connectivity index (χ3v) is 16.3. The van der Waals surface area contributed by atoms with E-state index in [1.165, 1.54) is 12.7 Å². The molecule has 0 radical (unpaired) electrons. The topological polar surface area (TPSA) is 44.8 Å². The number of unbranched alkanes of at least 4 members (excludes halogenated alkanes) is 1. The van der Waals surface area contributed by atoms with Crippen LogP contribution in [0.2, 0.25) is 36.3 Å². The second kappa shape index (κ2) is 10.5. The highest BCUT2D eigenvalue weighted by Crippen LogP contribution is 2.44. The van der Waals surface area contributed by atoms with Crippen LogP contribution in [-0.4, -0.2) is 41.9 Å². The van der Waals surface area contributed by atoms with Crippen LogP contribution in [0.5, 0.6) is 0 Å². The molecule has 0 aromatic heterocycles. The van der Waals surface area contributed by atoms with Gasteiger partial charge >= 0.3 is 5.97 Å². The van der Waals surface area contributed by atoms with Crippen LogP contribution in [0.25, 0.3) is 0 Å². The third kappa shape index (κ3) is 7.69. The molecule has 1 fully saturated rings. The highest BCUT2D eigenvalue weighted by atomic mass is 28.4. The number of ether oxygens (including phenoxy) is 1. The van der Waals surface area contributed by atoms with Crippen LogP contribution in [0, 0.1) is 0 Å². The molecule has 0 aromatic rings. The molecule has 0 N–H and O–H groups in total. The maximum atomic E-state index is 12.1. The molecule has 0 saturated heterocycles. The van der Waals surface area contributed by atoms with Gasteiger partial charge in [0.2, 0.25) is 0 Å². The van der Waals surface area contributed by atoms with Crippen LogP contribution >= 0.6 is 0 Å². The molecule has 0 heterocycles. The largest absolute Gasteiger partial charge is 0.466 e. The summed E-state index contributed by atoms with van der Waals surface area (Å²) in [6, 6.07) is 0. The molecule has 180 valence electrons. The van der Waals surface area contributed by atoms with E-state index < -0.39 is 16.6 Å². The summed E-state index contributed by atoms with van der Waals surface area (Å²) >= 11 is 0. The predicted octanol–water partition coefficient (Wildman–Crippen LogP) is 7.39. The van der Waals surface area contributed by atoms with Gasteiger partial charge in [-0.2, -0.15) is 0 Å². The Labute approximate surface area is 194 Å². The zero-order chi connectivity index (χ0) is 24.3. The van der Waals surface area contributed by atoms with Crippen LogP contribution in [-0.2, 0) is 18.4 Å². The first-order valence-electron chi connectivity index (χ1n) is 11.8. The summed E-state index contributed by atoms with van der Waals surface area (Å²) < 4.78 is 18.8. The molecule has 1 rings (SSSR count). The van der Waals surface area contributed by atoms with Crippen molar-refractivity contribution in [3.05, 3.63) is 23.3 Å². The van der Waals surface area contributed by atoms with Gasteiger partial charge in [0.15, 0.2) is 16.6 Å².